The molecule has 0 saturated heterocycles. The number of pyridine rings is 2. The minimum atomic E-state index is -0.609. The number of hydrogen-bond donors (Lipinski definition) is 0. The Morgan fingerprint density at radius 2 is 2.07 bits per heavy atom. The van der Waals surface area contributed by atoms with Gasteiger partial charge in [0.2, 0.25) is 5.82 Å². The average molecular weight is 403 g/mol. The van der Waals surface area contributed by atoms with Crippen LogP contribution in [-0.2, 0) is 11.3 Å². The van der Waals surface area contributed by atoms with E-state index in [2.05, 4.69) is 25.3 Å². The molecule has 0 aliphatic carbocycles. The van der Waals surface area contributed by atoms with E-state index in [1.54, 1.807) is 49.6 Å². The molecule has 0 aromatic carbocycles. The minimum Gasteiger partial charge on any atom is -0.463 e. The fourth-order valence-corrected chi connectivity index (χ4v) is 2.94. The van der Waals surface area contributed by atoms with Gasteiger partial charge in [0.15, 0.2) is 12.4 Å². The molecule has 0 fully saturated rings. The molecule has 0 unspecified atom stereocenters. The molecule has 5 aromatic heterocycles. The number of nitrogens with zero attached hydrogens (tertiary/aromatic N) is 5. The summed E-state index contributed by atoms with van der Waals surface area (Å²) in [6.07, 6.45) is 4.77. The number of furan rings is 1. The van der Waals surface area contributed by atoms with Crippen LogP contribution in [0.15, 0.2) is 62.5 Å². The van der Waals surface area contributed by atoms with Gasteiger partial charge in [-0.15, -0.1) is 0 Å². The molecule has 0 radical (unpaired) electrons. The molecule has 0 N–H and O–H groups in total. The first-order chi connectivity index (χ1) is 14.7. The molecule has 148 valence electrons. The lowest BCUT2D eigenvalue weighted by atomic mass is 10.1. The lowest BCUT2D eigenvalue weighted by Crippen LogP contribution is -2.07. The van der Waals surface area contributed by atoms with Crippen LogP contribution in [0.4, 0.5) is 0 Å². The van der Waals surface area contributed by atoms with Gasteiger partial charge in [-0.2, -0.15) is 4.98 Å². The zero-order valence-corrected chi connectivity index (χ0v) is 15.6. The predicted octanol–water partition coefficient (Wildman–Crippen LogP) is 3.59. The predicted molar refractivity (Wildman–Crippen MR) is 101 cm³/mol. The molecule has 5 rings (SSSR count). The molecule has 5 heterocycles. The molecule has 0 amide bonds. The summed E-state index contributed by atoms with van der Waals surface area (Å²) in [6.45, 7) is 1.52. The summed E-state index contributed by atoms with van der Waals surface area (Å²) in [6, 6.07) is 8.58. The second-order valence-corrected chi connectivity index (χ2v) is 6.31. The van der Waals surface area contributed by atoms with Gasteiger partial charge < -0.3 is 18.2 Å². The second-order valence-electron chi connectivity index (χ2n) is 6.31. The first-order valence-corrected chi connectivity index (χ1v) is 8.90. The Morgan fingerprint density at radius 1 is 1.13 bits per heavy atom. The van der Waals surface area contributed by atoms with Crippen LogP contribution in [0, 0.1) is 6.92 Å². The SMILES string of the molecule is Cc1noc2nc(-c3ccco3)cc(C(=O)OCc3nc(-c4cccnc4)no3)c12. The van der Waals surface area contributed by atoms with Gasteiger partial charge in [0.25, 0.3) is 11.6 Å². The Balaban J connectivity index is 1.41. The molecule has 30 heavy (non-hydrogen) atoms. The number of fused-ring (bicyclic) bond motifs is 1. The highest BCUT2D eigenvalue weighted by Crippen LogP contribution is 2.28. The molecular weight excluding hydrogens is 390 g/mol. The van der Waals surface area contributed by atoms with Crippen LogP contribution in [0.1, 0.15) is 21.9 Å². The summed E-state index contributed by atoms with van der Waals surface area (Å²) in [5, 5.41) is 8.24. The highest BCUT2D eigenvalue weighted by molar-refractivity contribution is 6.04. The molecule has 0 aliphatic heterocycles. The Morgan fingerprint density at radius 3 is 2.87 bits per heavy atom. The van der Waals surface area contributed by atoms with E-state index in [0.29, 0.717) is 33.9 Å². The van der Waals surface area contributed by atoms with Crippen LogP contribution in [0.25, 0.3) is 33.9 Å². The third-order valence-corrected chi connectivity index (χ3v) is 4.33. The number of carbonyl (C=O) groups excluding carboxylic acids is 1. The second kappa shape index (κ2) is 7.24. The van der Waals surface area contributed by atoms with Crippen molar-refractivity contribution >= 4 is 17.1 Å². The van der Waals surface area contributed by atoms with Gasteiger partial charge in [0, 0.05) is 18.0 Å². The normalized spacial score (nSPS) is 11.1. The molecule has 5 aromatic rings. The molecule has 0 bridgehead atoms. The van der Waals surface area contributed by atoms with Crippen molar-refractivity contribution in [2.45, 2.75) is 13.5 Å². The Labute approximate surface area is 168 Å². The minimum absolute atomic E-state index is 0.154. The number of aryl methyl sites for hydroxylation is 1. The highest BCUT2D eigenvalue weighted by Gasteiger charge is 2.22. The van der Waals surface area contributed by atoms with Crippen LogP contribution in [0.3, 0.4) is 0 Å². The number of carbonyl (C=O) groups is 1. The first-order valence-electron chi connectivity index (χ1n) is 8.90. The number of ether oxygens (including phenoxy) is 1. The van der Waals surface area contributed by atoms with Crippen molar-refractivity contribution in [2.75, 3.05) is 0 Å². The van der Waals surface area contributed by atoms with Crippen molar-refractivity contribution < 1.29 is 23.0 Å². The summed E-state index contributed by atoms with van der Waals surface area (Å²) in [4.78, 5) is 25.4. The zero-order chi connectivity index (χ0) is 20.5. The van der Waals surface area contributed by atoms with Crippen molar-refractivity contribution in [1.82, 2.24) is 25.3 Å². The van der Waals surface area contributed by atoms with Gasteiger partial charge in [-0.3, -0.25) is 4.98 Å². The number of hydrogen-bond acceptors (Lipinski definition) is 10. The molecule has 10 nitrogen and oxygen atoms in total. The van der Waals surface area contributed by atoms with Gasteiger partial charge in [-0.05, 0) is 37.3 Å². The smallest absolute Gasteiger partial charge is 0.339 e. The number of aromatic nitrogens is 5. The summed E-state index contributed by atoms with van der Waals surface area (Å²) in [7, 11) is 0. The van der Waals surface area contributed by atoms with E-state index in [1.807, 2.05) is 0 Å². The lowest BCUT2D eigenvalue weighted by molar-refractivity contribution is 0.0432. The molecule has 0 spiro atoms. The zero-order valence-electron chi connectivity index (χ0n) is 15.6. The maximum Gasteiger partial charge on any atom is 0.339 e. The quantitative estimate of drug-likeness (QED) is 0.401. The van der Waals surface area contributed by atoms with E-state index in [-0.39, 0.29) is 23.8 Å². The van der Waals surface area contributed by atoms with Crippen LogP contribution in [0.5, 0.6) is 0 Å². The monoisotopic (exact) mass is 403 g/mol. The number of esters is 1. The van der Waals surface area contributed by atoms with E-state index >= 15 is 0 Å². The summed E-state index contributed by atoms with van der Waals surface area (Å²) in [5.74, 6) is 0.386. The van der Waals surface area contributed by atoms with Gasteiger partial charge in [-0.25, -0.2) is 9.78 Å². The van der Waals surface area contributed by atoms with Crippen molar-refractivity contribution in [2.24, 2.45) is 0 Å². The van der Waals surface area contributed by atoms with Gasteiger partial charge in [-0.1, -0.05) is 10.3 Å². The molecule has 0 saturated carbocycles. The Bertz CT molecular complexity index is 1320. The number of rotatable bonds is 5. The lowest BCUT2D eigenvalue weighted by Gasteiger charge is -2.05. The molecule has 0 aliphatic rings. The summed E-state index contributed by atoms with van der Waals surface area (Å²) in [5.41, 5.74) is 2.10. The van der Waals surface area contributed by atoms with Crippen LogP contribution in [0.2, 0.25) is 0 Å². The maximum atomic E-state index is 12.8. The van der Waals surface area contributed by atoms with E-state index in [9.17, 15) is 4.79 Å². The third kappa shape index (κ3) is 3.20. The van der Waals surface area contributed by atoms with Crippen LogP contribution >= 0.6 is 0 Å². The standard InChI is InChI=1S/C20H13N5O5/c1-11-17-13(8-14(15-5-3-7-27-15)22-19(17)30-24-11)20(26)28-10-16-23-18(25-29-16)12-4-2-6-21-9-12/h2-9H,10H2,1H3. The van der Waals surface area contributed by atoms with E-state index < -0.39 is 5.97 Å². The van der Waals surface area contributed by atoms with Gasteiger partial charge >= 0.3 is 5.97 Å². The highest BCUT2D eigenvalue weighted by atomic mass is 16.6. The largest absolute Gasteiger partial charge is 0.463 e. The fraction of sp³-hybridized carbons (Fsp3) is 0.100. The van der Waals surface area contributed by atoms with Crippen molar-refractivity contribution in [3.05, 3.63) is 66.1 Å². The van der Waals surface area contributed by atoms with E-state index in [1.165, 1.54) is 6.26 Å². The van der Waals surface area contributed by atoms with Crippen molar-refractivity contribution in [3.63, 3.8) is 0 Å². The molecule has 0 atom stereocenters. The first kappa shape index (κ1) is 17.7. The Hall–Kier alpha value is -4.34. The van der Waals surface area contributed by atoms with Crippen molar-refractivity contribution in [1.29, 1.82) is 0 Å². The van der Waals surface area contributed by atoms with Crippen LogP contribution in [-0.4, -0.2) is 31.2 Å². The molecule has 10 heteroatoms. The van der Waals surface area contributed by atoms with Gasteiger partial charge in [0.1, 0.15) is 5.69 Å². The van der Waals surface area contributed by atoms with E-state index in [0.717, 1.165) is 0 Å². The topological polar surface area (TPSA) is 130 Å². The summed E-state index contributed by atoms with van der Waals surface area (Å²) >= 11 is 0. The fourth-order valence-electron chi connectivity index (χ4n) is 2.94. The van der Waals surface area contributed by atoms with Crippen molar-refractivity contribution in [3.8, 4) is 22.8 Å². The average Bonchev–Trinajstić information content (AvgIpc) is 3.54. The molecular formula is C20H13N5O5. The van der Waals surface area contributed by atoms with Gasteiger partial charge in [0.05, 0.1) is 22.9 Å². The third-order valence-electron chi connectivity index (χ3n) is 4.33. The Kier molecular flexibility index (Phi) is 4.28. The maximum absolute atomic E-state index is 12.8. The van der Waals surface area contributed by atoms with E-state index in [4.69, 9.17) is 18.2 Å². The summed E-state index contributed by atoms with van der Waals surface area (Å²) < 4.78 is 21.2. The van der Waals surface area contributed by atoms with Crippen LogP contribution < -0.4 is 0 Å².